The second kappa shape index (κ2) is 9.12. The zero-order chi connectivity index (χ0) is 19.9. The lowest BCUT2D eigenvalue weighted by Crippen LogP contribution is -2.48. The molecule has 0 aromatic heterocycles. The third-order valence-electron chi connectivity index (χ3n) is 3.89. The third-order valence-corrected chi connectivity index (χ3v) is 4.42. The molecule has 3 N–H and O–H groups in total. The summed E-state index contributed by atoms with van der Waals surface area (Å²) in [6, 6.07) is 23.6. The fourth-order valence-electron chi connectivity index (χ4n) is 2.48. The van der Waals surface area contributed by atoms with Gasteiger partial charge >= 0.3 is 0 Å². The van der Waals surface area contributed by atoms with Crippen LogP contribution in [-0.2, 0) is 0 Å². The van der Waals surface area contributed by atoms with Gasteiger partial charge in [0.05, 0.1) is 10.6 Å². The Morgan fingerprint density at radius 3 is 2.00 bits per heavy atom. The van der Waals surface area contributed by atoms with Gasteiger partial charge in [0, 0.05) is 5.56 Å². The molecule has 0 bridgehead atoms. The monoisotopic (exact) mass is 409 g/mol. The summed E-state index contributed by atoms with van der Waals surface area (Å²) in [6.07, 6.45) is 0. The molecular weight excluding hydrogens is 394 g/mol. The van der Waals surface area contributed by atoms with Gasteiger partial charge in [0.2, 0.25) is 0 Å². The molecule has 2 amide bonds. The van der Waals surface area contributed by atoms with E-state index in [-0.39, 0.29) is 11.0 Å². The standard InChI is InChI=1S/C21H16ClN3O2S/c22-18-9-5-4-8-17(18)20(27)24-25-21(28)23-19(26)16-12-10-15(11-13-16)14-6-2-1-3-7-14/h1-13H,(H,24,27)(H2,23,25,26,28). The molecule has 0 fully saturated rings. The Kier molecular flexibility index (Phi) is 6.37. The first-order valence-electron chi connectivity index (χ1n) is 8.36. The van der Waals surface area contributed by atoms with E-state index in [1.165, 1.54) is 0 Å². The molecule has 0 aliphatic rings. The van der Waals surface area contributed by atoms with Crippen LogP contribution in [0.2, 0.25) is 5.02 Å². The second-order valence-electron chi connectivity index (χ2n) is 5.79. The van der Waals surface area contributed by atoms with E-state index in [2.05, 4.69) is 16.2 Å². The number of carbonyl (C=O) groups is 2. The number of hydrogen-bond donors (Lipinski definition) is 3. The van der Waals surface area contributed by atoms with Crippen LogP contribution in [-0.4, -0.2) is 16.9 Å². The summed E-state index contributed by atoms with van der Waals surface area (Å²) < 4.78 is 0. The van der Waals surface area contributed by atoms with E-state index in [9.17, 15) is 9.59 Å². The summed E-state index contributed by atoms with van der Waals surface area (Å²) in [5, 5.41) is 2.80. The van der Waals surface area contributed by atoms with Gasteiger partial charge in [-0.05, 0) is 47.6 Å². The number of rotatable bonds is 3. The fraction of sp³-hybridized carbons (Fsp3) is 0. The zero-order valence-electron chi connectivity index (χ0n) is 14.6. The normalized spacial score (nSPS) is 10.0. The molecule has 0 saturated carbocycles. The molecule has 0 spiro atoms. The van der Waals surface area contributed by atoms with Crippen LogP contribution < -0.4 is 16.2 Å². The predicted octanol–water partition coefficient (Wildman–Crippen LogP) is 3.96. The maximum Gasteiger partial charge on any atom is 0.271 e. The average Bonchev–Trinajstić information content (AvgIpc) is 2.73. The van der Waals surface area contributed by atoms with Crippen molar-refractivity contribution >= 4 is 40.7 Å². The van der Waals surface area contributed by atoms with Crippen LogP contribution >= 0.6 is 23.8 Å². The van der Waals surface area contributed by atoms with Crippen molar-refractivity contribution in [3.8, 4) is 11.1 Å². The van der Waals surface area contributed by atoms with Crippen molar-refractivity contribution in [2.45, 2.75) is 0 Å². The van der Waals surface area contributed by atoms with Gasteiger partial charge in [0.15, 0.2) is 5.11 Å². The number of thiocarbonyl (C=S) groups is 1. The molecule has 0 atom stereocenters. The number of hydrazine groups is 1. The quantitative estimate of drug-likeness (QED) is 0.452. The molecule has 0 saturated heterocycles. The largest absolute Gasteiger partial charge is 0.298 e. The highest BCUT2D eigenvalue weighted by Crippen LogP contribution is 2.19. The van der Waals surface area contributed by atoms with Crippen molar-refractivity contribution in [3.63, 3.8) is 0 Å². The Labute approximate surface area is 172 Å². The van der Waals surface area contributed by atoms with Gasteiger partial charge in [-0.1, -0.05) is 66.2 Å². The van der Waals surface area contributed by atoms with Crippen molar-refractivity contribution in [1.29, 1.82) is 0 Å². The maximum atomic E-state index is 12.3. The minimum atomic E-state index is -0.464. The highest BCUT2D eigenvalue weighted by Gasteiger charge is 2.11. The Bertz CT molecular complexity index is 1010. The minimum absolute atomic E-state index is 0.0301. The summed E-state index contributed by atoms with van der Waals surface area (Å²) in [7, 11) is 0. The van der Waals surface area contributed by atoms with E-state index >= 15 is 0 Å². The molecule has 3 aromatic rings. The fourth-order valence-corrected chi connectivity index (χ4v) is 2.84. The lowest BCUT2D eigenvalue weighted by atomic mass is 10.0. The van der Waals surface area contributed by atoms with Gasteiger partial charge in [0.25, 0.3) is 11.8 Å². The van der Waals surface area contributed by atoms with Crippen LogP contribution in [0.1, 0.15) is 20.7 Å². The Morgan fingerprint density at radius 1 is 0.714 bits per heavy atom. The molecule has 28 heavy (non-hydrogen) atoms. The Morgan fingerprint density at radius 2 is 1.32 bits per heavy atom. The summed E-state index contributed by atoms with van der Waals surface area (Å²) in [4.78, 5) is 24.4. The maximum absolute atomic E-state index is 12.3. The second-order valence-corrected chi connectivity index (χ2v) is 6.60. The first-order valence-corrected chi connectivity index (χ1v) is 9.15. The van der Waals surface area contributed by atoms with Crippen LogP contribution in [0.15, 0.2) is 78.9 Å². The van der Waals surface area contributed by atoms with Gasteiger partial charge in [-0.15, -0.1) is 0 Å². The predicted molar refractivity (Wildman–Crippen MR) is 114 cm³/mol. The Balaban J connectivity index is 1.55. The Hall–Kier alpha value is -3.22. The number of nitrogens with one attached hydrogen (secondary N) is 3. The van der Waals surface area contributed by atoms with E-state index in [1.54, 1.807) is 36.4 Å². The van der Waals surface area contributed by atoms with Gasteiger partial charge in [0.1, 0.15) is 0 Å². The van der Waals surface area contributed by atoms with Crippen LogP contribution in [0, 0.1) is 0 Å². The third kappa shape index (κ3) is 4.94. The first-order chi connectivity index (χ1) is 13.5. The van der Waals surface area contributed by atoms with E-state index in [4.69, 9.17) is 23.8 Å². The molecule has 0 aliphatic heterocycles. The smallest absolute Gasteiger partial charge is 0.271 e. The number of hydrogen-bond acceptors (Lipinski definition) is 3. The van der Waals surface area contributed by atoms with Crippen molar-refractivity contribution in [2.75, 3.05) is 0 Å². The van der Waals surface area contributed by atoms with Crippen LogP contribution in [0.5, 0.6) is 0 Å². The molecule has 5 nitrogen and oxygen atoms in total. The molecule has 140 valence electrons. The summed E-state index contributed by atoms with van der Waals surface area (Å²) in [5.41, 5.74) is 7.69. The van der Waals surface area contributed by atoms with E-state index < -0.39 is 5.91 Å². The topological polar surface area (TPSA) is 70.2 Å². The van der Waals surface area contributed by atoms with Gasteiger partial charge in [-0.3, -0.25) is 25.8 Å². The highest BCUT2D eigenvalue weighted by atomic mass is 35.5. The van der Waals surface area contributed by atoms with Gasteiger partial charge < -0.3 is 0 Å². The molecule has 0 unspecified atom stereocenters. The van der Waals surface area contributed by atoms with Gasteiger partial charge in [-0.2, -0.15) is 0 Å². The number of carbonyl (C=O) groups excluding carboxylic acids is 2. The number of amides is 2. The SMILES string of the molecule is O=C(NC(=S)NNC(=O)c1ccccc1Cl)c1ccc(-c2ccccc2)cc1. The molecule has 0 heterocycles. The van der Waals surface area contributed by atoms with Crippen LogP contribution in [0.25, 0.3) is 11.1 Å². The first kappa shape index (κ1) is 19.5. The van der Waals surface area contributed by atoms with Crippen molar-refractivity contribution in [1.82, 2.24) is 16.2 Å². The lowest BCUT2D eigenvalue weighted by molar-refractivity contribution is 0.0934. The zero-order valence-corrected chi connectivity index (χ0v) is 16.2. The lowest BCUT2D eigenvalue weighted by Gasteiger charge is -2.11. The summed E-state index contributed by atoms with van der Waals surface area (Å²) in [5.74, 6) is -0.849. The van der Waals surface area contributed by atoms with Crippen LogP contribution in [0.4, 0.5) is 0 Å². The molecule has 3 rings (SSSR count). The molecule has 0 radical (unpaired) electrons. The van der Waals surface area contributed by atoms with E-state index in [1.807, 2.05) is 42.5 Å². The average molecular weight is 410 g/mol. The van der Waals surface area contributed by atoms with E-state index in [0.29, 0.717) is 16.1 Å². The van der Waals surface area contributed by atoms with Crippen molar-refractivity contribution < 1.29 is 9.59 Å². The van der Waals surface area contributed by atoms with E-state index in [0.717, 1.165) is 11.1 Å². The van der Waals surface area contributed by atoms with Crippen molar-refractivity contribution in [3.05, 3.63) is 95.0 Å². The number of benzene rings is 3. The van der Waals surface area contributed by atoms with Crippen molar-refractivity contribution in [2.24, 2.45) is 0 Å². The summed E-state index contributed by atoms with van der Waals surface area (Å²) >= 11 is 11.0. The highest BCUT2D eigenvalue weighted by molar-refractivity contribution is 7.80. The molecular formula is C21H16ClN3O2S. The molecule has 0 aliphatic carbocycles. The molecule has 7 heteroatoms. The molecule has 3 aromatic carbocycles. The summed E-state index contributed by atoms with van der Waals surface area (Å²) in [6.45, 7) is 0. The van der Waals surface area contributed by atoms with Gasteiger partial charge in [-0.25, -0.2) is 0 Å². The minimum Gasteiger partial charge on any atom is -0.298 e. The van der Waals surface area contributed by atoms with Crippen LogP contribution in [0.3, 0.4) is 0 Å². The number of halogens is 1.